The third kappa shape index (κ3) is 5.27. The minimum atomic E-state index is -1.46. The Bertz CT molecular complexity index is 987. The molecule has 156 valence electrons. The monoisotopic (exact) mass is 443 g/mol. The number of methoxy groups -OCH3 is 1. The molecule has 0 bridgehead atoms. The van der Waals surface area contributed by atoms with Crippen molar-refractivity contribution in [3.8, 4) is 5.75 Å². The minimum Gasteiger partial charge on any atom is -0.488 e. The summed E-state index contributed by atoms with van der Waals surface area (Å²) in [6, 6.07) is 15.5. The molecule has 1 N–H and O–H groups in total. The summed E-state index contributed by atoms with van der Waals surface area (Å²) in [4.78, 5) is 25.8. The van der Waals surface area contributed by atoms with Crippen molar-refractivity contribution >= 4 is 46.3 Å². The van der Waals surface area contributed by atoms with Gasteiger partial charge in [-0.25, -0.2) is 4.79 Å². The van der Waals surface area contributed by atoms with E-state index in [4.69, 9.17) is 17.0 Å². The second-order valence-corrected chi connectivity index (χ2v) is 8.32. The fourth-order valence-electron chi connectivity index (χ4n) is 2.76. The van der Waals surface area contributed by atoms with Crippen LogP contribution < -0.4 is 4.74 Å². The van der Waals surface area contributed by atoms with E-state index in [0.717, 1.165) is 22.9 Å². The molecule has 0 radical (unpaired) electrons. The number of carbonyl (C=O) groups is 2. The number of esters is 1. The molecule has 0 aliphatic carbocycles. The van der Waals surface area contributed by atoms with Gasteiger partial charge >= 0.3 is 5.97 Å². The van der Waals surface area contributed by atoms with Crippen LogP contribution in [-0.4, -0.2) is 46.0 Å². The van der Waals surface area contributed by atoms with Gasteiger partial charge in [-0.3, -0.25) is 9.69 Å². The van der Waals surface area contributed by atoms with Crippen LogP contribution in [0.2, 0.25) is 0 Å². The number of benzene rings is 2. The molecule has 1 heterocycles. The summed E-state index contributed by atoms with van der Waals surface area (Å²) in [7, 11) is 1.17. The van der Waals surface area contributed by atoms with Gasteiger partial charge < -0.3 is 14.6 Å². The molecule has 2 aromatic carbocycles. The highest BCUT2D eigenvalue weighted by Gasteiger charge is 2.35. The Labute approximate surface area is 184 Å². The molecule has 0 saturated carbocycles. The van der Waals surface area contributed by atoms with E-state index >= 15 is 0 Å². The van der Waals surface area contributed by atoms with Crippen LogP contribution in [0.4, 0.5) is 0 Å². The molecule has 1 amide bonds. The number of hydrogen-bond acceptors (Lipinski definition) is 7. The topological polar surface area (TPSA) is 76.1 Å². The van der Waals surface area contributed by atoms with E-state index in [1.807, 2.05) is 55.5 Å². The van der Waals surface area contributed by atoms with E-state index in [1.165, 1.54) is 17.6 Å². The quantitative estimate of drug-likeness (QED) is 0.400. The van der Waals surface area contributed by atoms with Crippen LogP contribution in [0.1, 0.15) is 16.7 Å². The molecule has 2 aromatic rings. The van der Waals surface area contributed by atoms with Gasteiger partial charge in [-0.15, -0.1) is 0 Å². The smallest absolute Gasteiger partial charge is 0.336 e. The SMILES string of the molecule is COC(=O)C(O)CN1C(=O)C(=Cc2ccccc2OCc2ccc(C)cc2)SC1=S. The number of aliphatic hydroxyl groups excluding tert-OH is 1. The third-order valence-corrected chi connectivity index (χ3v) is 5.80. The van der Waals surface area contributed by atoms with Crippen LogP contribution in [0, 0.1) is 6.92 Å². The van der Waals surface area contributed by atoms with E-state index in [1.54, 1.807) is 6.08 Å². The predicted octanol–water partition coefficient (Wildman–Crippen LogP) is 3.31. The van der Waals surface area contributed by atoms with Gasteiger partial charge in [0.05, 0.1) is 18.6 Å². The number of amides is 1. The maximum atomic E-state index is 12.7. The highest BCUT2D eigenvalue weighted by Crippen LogP contribution is 2.34. The van der Waals surface area contributed by atoms with Crippen LogP contribution in [0.15, 0.2) is 53.4 Å². The van der Waals surface area contributed by atoms with E-state index in [2.05, 4.69) is 4.74 Å². The molecule has 1 unspecified atom stereocenters. The van der Waals surface area contributed by atoms with Crippen molar-refractivity contribution in [2.24, 2.45) is 0 Å². The second kappa shape index (κ2) is 9.88. The number of β-amino-alcohol motifs (C(OH)–C–C–N with tert-alkyl or cyclic N) is 1. The molecule has 30 heavy (non-hydrogen) atoms. The van der Waals surface area contributed by atoms with Gasteiger partial charge in [0.2, 0.25) is 0 Å². The lowest BCUT2D eigenvalue weighted by Crippen LogP contribution is -2.39. The maximum absolute atomic E-state index is 12.7. The first-order valence-electron chi connectivity index (χ1n) is 9.17. The molecule has 1 saturated heterocycles. The molecule has 0 spiro atoms. The van der Waals surface area contributed by atoms with E-state index < -0.39 is 12.1 Å². The Kier molecular flexibility index (Phi) is 7.25. The number of aryl methyl sites for hydroxylation is 1. The van der Waals surface area contributed by atoms with Crippen molar-refractivity contribution in [2.75, 3.05) is 13.7 Å². The van der Waals surface area contributed by atoms with Gasteiger partial charge in [0.1, 0.15) is 16.7 Å². The first-order chi connectivity index (χ1) is 14.4. The predicted molar refractivity (Wildman–Crippen MR) is 120 cm³/mol. The summed E-state index contributed by atoms with van der Waals surface area (Å²) in [5, 5.41) is 9.85. The Balaban J connectivity index is 1.75. The molecule has 0 aromatic heterocycles. The summed E-state index contributed by atoms with van der Waals surface area (Å²) < 4.78 is 10.7. The van der Waals surface area contributed by atoms with Gasteiger partial charge in [-0.2, -0.15) is 0 Å². The zero-order chi connectivity index (χ0) is 21.7. The number of para-hydroxylation sites is 1. The largest absolute Gasteiger partial charge is 0.488 e. The second-order valence-electron chi connectivity index (χ2n) is 6.64. The third-order valence-electron chi connectivity index (χ3n) is 4.42. The van der Waals surface area contributed by atoms with Gasteiger partial charge in [0.15, 0.2) is 6.10 Å². The molecular weight excluding hydrogens is 422 g/mol. The van der Waals surface area contributed by atoms with Crippen LogP contribution in [-0.2, 0) is 20.9 Å². The maximum Gasteiger partial charge on any atom is 0.336 e. The van der Waals surface area contributed by atoms with Crippen LogP contribution in [0.25, 0.3) is 6.08 Å². The summed E-state index contributed by atoms with van der Waals surface area (Å²) in [6.07, 6.45) is 0.246. The average molecular weight is 444 g/mol. The standard InChI is InChI=1S/C22H21NO5S2/c1-14-7-9-15(10-8-14)13-28-18-6-4-3-5-16(18)11-19-20(25)23(22(29)30-19)12-17(24)21(26)27-2/h3-11,17,24H,12-13H2,1-2H3. The van der Waals surface area contributed by atoms with Crippen LogP contribution >= 0.6 is 24.0 Å². The number of thiocarbonyl (C=S) groups is 1. The summed E-state index contributed by atoms with van der Waals surface area (Å²) in [5.74, 6) is -0.554. The van der Waals surface area contributed by atoms with Crippen molar-refractivity contribution in [3.63, 3.8) is 0 Å². The molecule has 1 aliphatic heterocycles. The van der Waals surface area contributed by atoms with Gasteiger partial charge in [-0.1, -0.05) is 72.0 Å². The highest BCUT2D eigenvalue weighted by atomic mass is 32.2. The zero-order valence-electron chi connectivity index (χ0n) is 16.5. The lowest BCUT2D eigenvalue weighted by atomic mass is 10.1. The van der Waals surface area contributed by atoms with E-state index in [-0.39, 0.29) is 16.8 Å². The van der Waals surface area contributed by atoms with Crippen molar-refractivity contribution in [3.05, 3.63) is 70.1 Å². The van der Waals surface area contributed by atoms with Crippen molar-refractivity contribution in [1.29, 1.82) is 0 Å². The van der Waals surface area contributed by atoms with Crippen molar-refractivity contribution in [1.82, 2.24) is 4.90 Å². The number of aliphatic hydroxyl groups is 1. The molecule has 6 nitrogen and oxygen atoms in total. The summed E-state index contributed by atoms with van der Waals surface area (Å²) >= 11 is 6.36. The number of carbonyl (C=O) groups excluding carboxylic acids is 2. The number of hydrogen-bond donors (Lipinski definition) is 1. The average Bonchev–Trinajstić information content (AvgIpc) is 3.01. The first-order valence-corrected chi connectivity index (χ1v) is 10.4. The molecule has 1 aliphatic rings. The van der Waals surface area contributed by atoms with Crippen molar-refractivity contribution < 1.29 is 24.2 Å². The molecule has 8 heteroatoms. The Morgan fingerprint density at radius 1 is 1.23 bits per heavy atom. The molecule has 1 fully saturated rings. The Morgan fingerprint density at radius 3 is 2.63 bits per heavy atom. The molecule has 3 rings (SSSR count). The first kappa shape index (κ1) is 22.0. The van der Waals surface area contributed by atoms with Gasteiger partial charge in [-0.05, 0) is 24.6 Å². The Morgan fingerprint density at radius 2 is 1.93 bits per heavy atom. The Hall–Kier alpha value is -2.68. The fourth-order valence-corrected chi connectivity index (χ4v) is 4.02. The fraction of sp³-hybridized carbons (Fsp3) is 0.227. The van der Waals surface area contributed by atoms with Crippen LogP contribution in [0.5, 0.6) is 5.75 Å². The van der Waals surface area contributed by atoms with E-state index in [9.17, 15) is 14.7 Å². The normalized spacial score (nSPS) is 16.1. The van der Waals surface area contributed by atoms with Gasteiger partial charge in [0.25, 0.3) is 5.91 Å². The summed E-state index contributed by atoms with van der Waals surface area (Å²) in [5.41, 5.74) is 2.95. The number of rotatable bonds is 7. The van der Waals surface area contributed by atoms with E-state index in [0.29, 0.717) is 17.3 Å². The number of thioether (sulfide) groups is 1. The molecular formula is C22H21NO5S2. The highest BCUT2D eigenvalue weighted by molar-refractivity contribution is 8.26. The minimum absolute atomic E-state index is 0.250. The van der Waals surface area contributed by atoms with Crippen LogP contribution in [0.3, 0.4) is 0 Å². The number of nitrogens with zero attached hydrogens (tertiary/aromatic N) is 1. The van der Waals surface area contributed by atoms with Crippen molar-refractivity contribution in [2.45, 2.75) is 19.6 Å². The van der Waals surface area contributed by atoms with Gasteiger partial charge in [0, 0.05) is 5.56 Å². The lowest BCUT2D eigenvalue weighted by Gasteiger charge is -2.17. The zero-order valence-corrected chi connectivity index (χ0v) is 18.2. The summed E-state index contributed by atoms with van der Waals surface area (Å²) in [6.45, 7) is 2.18. The number of ether oxygens (including phenoxy) is 2. The lowest BCUT2D eigenvalue weighted by molar-refractivity contribution is -0.151. The molecule has 1 atom stereocenters.